The van der Waals surface area contributed by atoms with Crippen molar-refractivity contribution in [2.45, 2.75) is 33.2 Å². The highest BCUT2D eigenvalue weighted by Crippen LogP contribution is 2.08. The van der Waals surface area contributed by atoms with Crippen LogP contribution in [0.5, 0.6) is 0 Å². The maximum Gasteiger partial charge on any atom is 0.409 e. The maximum absolute atomic E-state index is 11.8. The van der Waals surface area contributed by atoms with Gasteiger partial charge in [-0.25, -0.2) is 17.9 Å². The Morgan fingerprint density at radius 2 is 1.69 bits per heavy atom. The number of nitrogens with zero attached hydrogens (tertiary/aromatic N) is 3. The molecule has 1 heterocycles. The first-order valence-electron chi connectivity index (χ1n) is 8.52. The molecule has 1 aliphatic heterocycles. The maximum atomic E-state index is 11.8. The van der Waals surface area contributed by atoms with Gasteiger partial charge in [0.2, 0.25) is 10.0 Å². The average Bonchev–Trinajstić information content (AvgIpc) is 2.49. The zero-order chi connectivity index (χ0) is 19.1. The van der Waals surface area contributed by atoms with E-state index in [-0.39, 0.29) is 30.1 Å². The Morgan fingerprint density at radius 3 is 2.15 bits per heavy atom. The molecule has 1 rings (SSSR count). The van der Waals surface area contributed by atoms with Crippen LogP contribution in [0.2, 0.25) is 0 Å². The van der Waals surface area contributed by atoms with Crippen molar-refractivity contribution in [2.75, 3.05) is 52.1 Å². The highest BCUT2D eigenvalue weighted by Gasteiger charge is 2.25. The van der Waals surface area contributed by atoms with E-state index in [1.807, 2.05) is 6.92 Å². The number of carbonyl (C=O) groups excluding carboxylic acids is 1. The smallest absolute Gasteiger partial charge is 0.409 e. The van der Waals surface area contributed by atoms with Gasteiger partial charge in [0.1, 0.15) is 0 Å². The van der Waals surface area contributed by atoms with Gasteiger partial charge >= 0.3 is 6.09 Å². The monoisotopic (exact) mass is 505 g/mol. The summed E-state index contributed by atoms with van der Waals surface area (Å²) < 4.78 is 30.5. The number of hydrogen-bond acceptors (Lipinski definition) is 5. The van der Waals surface area contributed by atoms with Gasteiger partial charge in [0.05, 0.1) is 19.4 Å². The Hall–Kier alpha value is -0.820. The number of carbonyl (C=O) groups is 1. The summed E-state index contributed by atoms with van der Waals surface area (Å²) >= 11 is 0. The highest BCUT2D eigenvalue weighted by molar-refractivity contribution is 14.0. The molecule has 0 saturated carbocycles. The van der Waals surface area contributed by atoms with Gasteiger partial charge in [0, 0.05) is 38.3 Å². The van der Waals surface area contributed by atoms with Crippen LogP contribution in [0.25, 0.3) is 0 Å². The molecule has 0 bridgehead atoms. The number of piperazine rings is 1. The van der Waals surface area contributed by atoms with E-state index in [1.54, 1.807) is 25.7 Å². The van der Waals surface area contributed by atoms with E-state index in [0.29, 0.717) is 45.9 Å². The van der Waals surface area contributed by atoms with Crippen molar-refractivity contribution in [3.63, 3.8) is 0 Å². The lowest BCUT2D eigenvalue weighted by Gasteiger charge is -2.36. The summed E-state index contributed by atoms with van der Waals surface area (Å²) in [6, 6.07) is 0. The molecule has 9 nitrogen and oxygen atoms in total. The number of ether oxygens (including phenoxy) is 1. The molecule has 0 aromatic carbocycles. The van der Waals surface area contributed by atoms with Gasteiger partial charge in [-0.05, 0) is 27.7 Å². The normalized spacial score (nSPS) is 16.1. The number of sulfonamides is 1. The van der Waals surface area contributed by atoms with Gasteiger partial charge in [0.25, 0.3) is 0 Å². The van der Waals surface area contributed by atoms with Gasteiger partial charge in [-0.3, -0.25) is 4.99 Å². The third-order valence-electron chi connectivity index (χ3n) is 3.53. The lowest BCUT2D eigenvalue weighted by atomic mass is 10.1. The average molecular weight is 505 g/mol. The molecule has 0 aliphatic carbocycles. The van der Waals surface area contributed by atoms with Gasteiger partial charge in [0.15, 0.2) is 5.96 Å². The molecule has 0 aromatic rings. The zero-order valence-corrected chi connectivity index (χ0v) is 19.4. The third-order valence-corrected chi connectivity index (χ3v) is 4.45. The number of aliphatic imine (C=N–C) groups is 1. The van der Waals surface area contributed by atoms with Crippen LogP contribution in [-0.4, -0.2) is 87.9 Å². The molecule has 1 fully saturated rings. The first-order valence-corrected chi connectivity index (χ1v) is 10.4. The summed E-state index contributed by atoms with van der Waals surface area (Å²) in [7, 11) is -3.30. The summed E-state index contributed by atoms with van der Waals surface area (Å²) in [6.07, 6.45) is 0.848. The molecular formula is C15H32IN5O4S. The largest absolute Gasteiger partial charge is 0.450 e. The van der Waals surface area contributed by atoms with E-state index in [4.69, 9.17) is 4.74 Å². The molecule has 0 atom stereocenters. The second kappa shape index (κ2) is 11.1. The summed E-state index contributed by atoms with van der Waals surface area (Å²) in [5, 5.41) is 3.22. The lowest BCUT2D eigenvalue weighted by Crippen LogP contribution is -2.54. The first kappa shape index (κ1) is 25.2. The van der Waals surface area contributed by atoms with E-state index < -0.39 is 15.6 Å². The molecule has 0 unspecified atom stereocenters. The Labute approximate surface area is 174 Å². The van der Waals surface area contributed by atoms with Crippen LogP contribution in [-0.2, 0) is 14.8 Å². The van der Waals surface area contributed by atoms with Crippen LogP contribution in [0.15, 0.2) is 4.99 Å². The number of hydrogen-bond donors (Lipinski definition) is 2. The fourth-order valence-electron chi connectivity index (χ4n) is 2.55. The number of guanidine groups is 1. The minimum Gasteiger partial charge on any atom is -0.450 e. The molecule has 1 saturated heterocycles. The molecule has 2 N–H and O–H groups in total. The predicted molar refractivity (Wildman–Crippen MR) is 114 cm³/mol. The molecule has 0 spiro atoms. The van der Waals surface area contributed by atoms with Crippen molar-refractivity contribution in [1.82, 2.24) is 19.8 Å². The standard InChI is InChI=1S/C15H31N5O4S.HI/c1-6-16-13(17-12-15(3,4)18-25(5,22)23)19-8-10-20(11-9-19)14(21)24-7-2;/h18H,6-12H2,1-5H3,(H,16,17);1H. The SMILES string of the molecule is CCNC(=NCC(C)(C)NS(C)(=O)=O)N1CCN(C(=O)OCC)CC1.I. The van der Waals surface area contributed by atoms with E-state index in [0.717, 1.165) is 12.2 Å². The molecule has 0 radical (unpaired) electrons. The van der Waals surface area contributed by atoms with Crippen molar-refractivity contribution in [3.05, 3.63) is 0 Å². The molecule has 0 aromatic heterocycles. The first-order chi connectivity index (χ1) is 11.6. The Bertz CT molecular complexity index is 575. The summed E-state index contributed by atoms with van der Waals surface area (Å²) in [5.41, 5.74) is -0.680. The minimum absolute atomic E-state index is 0. The molecule has 11 heteroatoms. The van der Waals surface area contributed by atoms with Gasteiger partial charge in [-0.15, -0.1) is 24.0 Å². The molecule has 154 valence electrons. The molecule has 1 amide bonds. The van der Waals surface area contributed by atoms with E-state index in [9.17, 15) is 13.2 Å². The van der Waals surface area contributed by atoms with Crippen LogP contribution < -0.4 is 10.0 Å². The quantitative estimate of drug-likeness (QED) is 0.313. The fraction of sp³-hybridized carbons (Fsp3) is 0.867. The predicted octanol–water partition coefficient (Wildman–Crippen LogP) is 0.672. The summed E-state index contributed by atoms with van der Waals surface area (Å²) in [5.74, 6) is 0.717. The van der Waals surface area contributed by atoms with Crippen molar-refractivity contribution >= 4 is 46.1 Å². The third kappa shape index (κ3) is 9.21. The van der Waals surface area contributed by atoms with Gasteiger partial charge < -0.3 is 19.9 Å². The lowest BCUT2D eigenvalue weighted by molar-refractivity contribution is 0.0914. The van der Waals surface area contributed by atoms with Crippen LogP contribution in [0.3, 0.4) is 0 Å². The highest BCUT2D eigenvalue weighted by atomic mass is 127. The van der Waals surface area contributed by atoms with E-state index in [2.05, 4.69) is 19.9 Å². The minimum atomic E-state index is -3.30. The van der Waals surface area contributed by atoms with Crippen LogP contribution >= 0.6 is 24.0 Å². The second-order valence-electron chi connectivity index (χ2n) is 6.60. The van der Waals surface area contributed by atoms with Crippen LogP contribution in [0.1, 0.15) is 27.7 Å². The summed E-state index contributed by atoms with van der Waals surface area (Å²) in [6.45, 7) is 11.1. The van der Waals surface area contributed by atoms with Gasteiger partial charge in [-0.1, -0.05) is 0 Å². The Balaban J connectivity index is 0.00000625. The Morgan fingerprint density at radius 1 is 1.15 bits per heavy atom. The fourth-order valence-corrected chi connectivity index (χ4v) is 3.62. The topological polar surface area (TPSA) is 103 Å². The van der Waals surface area contributed by atoms with Gasteiger partial charge in [-0.2, -0.15) is 0 Å². The van der Waals surface area contributed by atoms with Crippen molar-refractivity contribution in [2.24, 2.45) is 4.99 Å². The Kier molecular flexibility index (Phi) is 10.8. The van der Waals surface area contributed by atoms with Crippen LogP contribution in [0.4, 0.5) is 4.79 Å². The molecule has 1 aliphatic rings. The number of rotatable bonds is 6. The van der Waals surface area contributed by atoms with Crippen LogP contribution in [0, 0.1) is 0 Å². The van der Waals surface area contributed by atoms with Crippen molar-refractivity contribution < 1.29 is 17.9 Å². The van der Waals surface area contributed by atoms with Crippen molar-refractivity contribution in [1.29, 1.82) is 0 Å². The number of amides is 1. The number of nitrogens with one attached hydrogen (secondary N) is 2. The zero-order valence-electron chi connectivity index (χ0n) is 16.2. The van der Waals surface area contributed by atoms with E-state index >= 15 is 0 Å². The second-order valence-corrected chi connectivity index (χ2v) is 8.35. The number of halogens is 1. The van der Waals surface area contributed by atoms with Crippen molar-refractivity contribution in [3.8, 4) is 0 Å². The van der Waals surface area contributed by atoms with E-state index in [1.165, 1.54) is 0 Å². The molecule has 26 heavy (non-hydrogen) atoms. The summed E-state index contributed by atoms with van der Waals surface area (Å²) in [4.78, 5) is 20.1. The molecular weight excluding hydrogens is 473 g/mol.